The highest BCUT2D eigenvalue weighted by atomic mass is 16.5. The highest BCUT2D eigenvalue weighted by Crippen LogP contribution is 2.32. The molecule has 0 bridgehead atoms. The predicted molar refractivity (Wildman–Crippen MR) is 102 cm³/mol. The molecular weight excluding hydrogens is 348 g/mol. The molecule has 0 aromatic rings. The molecule has 1 aliphatic rings. The van der Waals surface area contributed by atoms with Crippen molar-refractivity contribution in [1.82, 2.24) is 0 Å². The summed E-state index contributed by atoms with van der Waals surface area (Å²) in [6.07, 6.45) is 1.43. The van der Waals surface area contributed by atoms with Crippen LogP contribution in [-0.4, -0.2) is 40.0 Å². The molecule has 0 saturated carbocycles. The maximum absolute atomic E-state index is 12.9. The maximum Gasteiger partial charge on any atom is 0.313 e. The summed E-state index contributed by atoms with van der Waals surface area (Å²) in [5.41, 5.74) is -1.23. The van der Waals surface area contributed by atoms with Crippen LogP contribution in [0.2, 0.25) is 0 Å². The van der Waals surface area contributed by atoms with E-state index in [1.54, 1.807) is 26.8 Å². The SMILES string of the molecule is CC(=O)C1=CC(C)CCCC(C)C(O)C(C)C(=O)C(C)(C)C(O)CC(=O)O1. The smallest absolute Gasteiger partial charge is 0.313 e. The lowest BCUT2D eigenvalue weighted by atomic mass is 9.73. The second-order valence-electron chi connectivity index (χ2n) is 8.53. The van der Waals surface area contributed by atoms with Crippen LogP contribution in [0.1, 0.15) is 67.2 Å². The van der Waals surface area contributed by atoms with Gasteiger partial charge in [0.15, 0.2) is 11.5 Å². The summed E-state index contributed by atoms with van der Waals surface area (Å²) < 4.78 is 5.18. The van der Waals surface area contributed by atoms with Crippen LogP contribution in [-0.2, 0) is 19.1 Å². The van der Waals surface area contributed by atoms with E-state index >= 15 is 0 Å². The summed E-state index contributed by atoms with van der Waals surface area (Å²) in [6, 6.07) is 0. The molecule has 5 atom stereocenters. The lowest BCUT2D eigenvalue weighted by Gasteiger charge is -2.34. The van der Waals surface area contributed by atoms with E-state index in [-0.39, 0.29) is 29.2 Å². The molecule has 0 aliphatic carbocycles. The average molecular weight is 382 g/mol. The van der Waals surface area contributed by atoms with Crippen LogP contribution in [0.15, 0.2) is 11.8 Å². The van der Waals surface area contributed by atoms with Crippen molar-refractivity contribution in [2.45, 2.75) is 79.4 Å². The Kier molecular flexibility index (Phi) is 8.36. The number of allylic oxidation sites excluding steroid dienone is 2. The zero-order chi connectivity index (χ0) is 20.9. The van der Waals surface area contributed by atoms with Gasteiger partial charge < -0.3 is 14.9 Å². The van der Waals surface area contributed by atoms with Crippen LogP contribution >= 0.6 is 0 Å². The van der Waals surface area contributed by atoms with E-state index in [0.717, 1.165) is 19.3 Å². The molecule has 154 valence electrons. The molecule has 1 aliphatic heterocycles. The average Bonchev–Trinajstić information content (AvgIpc) is 2.57. The molecule has 0 saturated heterocycles. The first-order valence-electron chi connectivity index (χ1n) is 9.71. The molecule has 0 aromatic heterocycles. The minimum Gasteiger partial charge on any atom is -0.423 e. The number of esters is 1. The van der Waals surface area contributed by atoms with Gasteiger partial charge in [0.05, 0.1) is 24.0 Å². The maximum atomic E-state index is 12.9. The second-order valence-corrected chi connectivity index (χ2v) is 8.53. The fourth-order valence-corrected chi connectivity index (χ4v) is 3.47. The first kappa shape index (κ1) is 23.5. The molecule has 0 fully saturated rings. The molecule has 5 unspecified atom stereocenters. The fourth-order valence-electron chi connectivity index (χ4n) is 3.47. The highest BCUT2D eigenvalue weighted by Gasteiger charge is 2.42. The summed E-state index contributed by atoms with van der Waals surface area (Å²) in [4.78, 5) is 36.9. The van der Waals surface area contributed by atoms with Gasteiger partial charge in [-0.2, -0.15) is 0 Å². The molecule has 0 amide bonds. The van der Waals surface area contributed by atoms with Crippen molar-refractivity contribution in [2.24, 2.45) is 23.2 Å². The largest absolute Gasteiger partial charge is 0.423 e. The van der Waals surface area contributed by atoms with Gasteiger partial charge in [0.1, 0.15) is 5.78 Å². The van der Waals surface area contributed by atoms with Gasteiger partial charge >= 0.3 is 5.97 Å². The third kappa shape index (κ3) is 6.25. The Hall–Kier alpha value is -1.53. The van der Waals surface area contributed by atoms with Crippen LogP contribution in [0.25, 0.3) is 0 Å². The Labute approximate surface area is 162 Å². The van der Waals surface area contributed by atoms with Crippen molar-refractivity contribution in [3.63, 3.8) is 0 Å². The summed E-state index contributed by atoms with van der Waals surface area (Å²) in [7, 11) is 0. The summed E-state index contributed by atoms with van der Waals surface area (Å²) in [6.45, 7) is 9.94. The van der Waals surface area contributed by atoms with Crippen LogP contribution in [0.5, 0.6) is 0 Å². The predicted octanol–water partition coefficient (Wildman–Crippen LogP) is 2.80. The number of carbonyl (C=O) groups excluding carboxylic acids is 3. The monoisotopic (exact) mass is 382 g/mol. The number of hydrogen-bond donors (Lipinski definition) is 2. The number of rotatable bonds is 1. The molecule has 0 spiro atoms. The number of aliphatic hydroxyl groups is 2. The number of Topliss-reactive ketones (excluding diaryl/α,β-unsaturated/α-hetero) is 2. The van der Waals surface area contributed by atoms with E-state index in [4.69, 9.17) is 4.74 Å². The van der Waals surface area contributed by atoms with Gasteiger partial charge in [-0.05, 0) is 30.8 Å². The van der Waals surface area contributed by atoms with Crippen molar-refractivity contribution in [3.8, 4) is 0 Å². The lowest BCUT2D eigenvalue weighted by Crippen LogP contribution is -2.45. The molecular formula is C21H34O6. The van der Waals surface area contributed by atoms with Crippen LogP contribution < -0.4 is 0 Å². The van der Waals surface area contributed by atoms with E-state index in [1.165, 1.54) is 6.92 Å². The van der Waals surface area contributed by atoms with Crippen molar-refractivity contribution >= 4 is 17.5 Å². The van der Waals surface area contributed by atoms with E-state index in [0.29, 0.717) is 0 Å². The third-order valence-corrected chi connectivity index (χ3v) is 5.66. The van der Waals surface area contributed by atoms with Crippen LogP contribution in [0.3, 0.4) is 0 Å². The highest BCUT2D eigenvalue weighted by molar-refractivity contribution is 5.94. The molecule has 27 heavy (non-hydrogen) atoms. The number of aliphatic hydroxyl groups excluding tert-OH is 2. The Balaban J connectivity index is 3.18. The van der Waals surface area contributed by atoms with E-state index in [2.05, 4.69) is 0 Å². The summed E-state index contributed by atoms with van der Waals surface area (Å²) >= 11 is 0. The minimum absolute atomic E-state index is 0.0200. The Morgan fingerprint density at radius 1 is 1.15 bits per heavy atom. The number of carbonyl (C=O) groups is 3. The van der Waals surface area contributed by atoms with Gasteiger partial charge in [0.2, 0.25) is 0 Å². The molecule has 1 heterocycles. The molecule has 6 heteroatoms. The standard InChI is InChI=1S/C21H34O6/c1-12-8-7-9-13(2)19(25)14(3)20(26)21(5,6)17(23)11-18(24)27-16(10-12)15(4)22/h10,12-14,17,19,23,25H,7-9,11H2,1-6H3. The Bertz CT molecular complexity index is 591. The van der Waals surface area contributed by atoms with Crippen LogP contribution in [0, 0.1) is 23.2 Å². The van der Waals surface area contributed by atoms with E-state index in [1.807, 2.05) is 13.8 Å². The van der Waals surface area contributed by atoms with Gasteiger partial charge in [-0.3, -0.25) is 14.4 Å². The van der Waals surface area contributed by atoms with Crippen molar-refractivity contribution < 1.29 is 29.3 Å². The van der Waals surface area contributed by atoms with Gasteiger partial charge in [-0.25, -0.2) is 0 Å². The molecule has 0 aromatic carbocycles. The summed E-state index contributed by atoms with van der Waals surface area (Å²) in [5.74, 6) is -2.16. The Morgan fingerprint density at radius 2 is 1.74 bits per heavy atom. The molecule has 6 nitrogen and oxygen atoms in total. The van der Waals surface area contributed by atoms with Crippen molar-refractivity contribution in [1.29, 1.82) is 0 Å². The zero-order valence-corrected chi connectivity index (χ0v) is 17.3. The van der Waals surface area contributed by atoms with E-state index < -0.39 is 35.9 Å². The number of ketones is 2. The molecule has 2 N–H and O–H groups in total. The van der Waals surface area contributed by atoms with Gasteiger partial charge in [0.25, 0.3) is 0 Å². The normalized spacial score (nSPS) is 34.1. The first-order chi connectivity index (χ1) is 12.4. The molecule has 0 radical (unpaired) electrons. The third-order valence-electron chi connectivity index (χ3n) is 5.66. The lowest BCUT2D eigenvalue weighted by molar-refractivity contribution is -0.150. The zero-order valence-electron chi connectivity index (χ0n) is 17.3. The Morgan fingerprint density at radius 3 is 2.30 bits per heavy atom. The van der Waals surface area contributed by atoms with Gasteiger partial charge in [-0.1, -0.05) is 41.0 Å². The number of hydrogen-bond acceptors (Lipinski definition) is 6. The molecule has 1 rings (SSSR count). The topological polar surface area (TPSA) is 101 Å². The quantitative estimate of drug-likeness (QED) is 0.676. The fraction of sp³-hybridized carbons (Fsp3) is 0.762. The first-order valence-corrected chi connectivity index (χ1v) is 9.71. The van der Waals surface area contributed by atoms with Crippen molar-refractivity contribution in [3.05, 3.63) is 11.8 Å². The van der Waals surface area contributed by atoms with E-state index in [9.17, 15) is 24.6 Å². The number of cyclic esters (lactones) is 1. The summed E-state index contributed by atoms with van der Waals surface area (Å²) in [5, 5.41) is 21.1. The van der Waals surface area contributed by atoms with Gasteiger partial charge in [-0.15, -0.1) is 0 Å². The van der Waals surface area contributed by atoms with Gasteiger partial charge in [0, 0.05) is 12.8 Å². The minimum atomic E-state index is -1.28. The second kappa shape index (κ2) is 9.60. The number of ether oxygens (including phenoxy) is 1. The van der Waals surface area contributed by atoms with Crippen molar-refractivity contribution in [2.75, 3.05) is 0 Å². The van der Waals surface area contributed by atoms with Crippen LogP contribution in [0.4, 0.5) is 0 Å².